The zero-order valence-corrected chi connectivity index (χ0v) is 16.0. The molecule has 1 saturated carbocycles. The fraction of sp³-hybridized carbons (Fsp3) is 0.286. The Bertz CT molecular complexity index is 1100. The molecule has 3 N–H and O–H groups in total. The minimum Gasteiger partial charge on any atom is -0.368 e. The van der Waals surface area contributed by atoms with E-state index in [9.17, 15) is 0 Å². The van der Waals surface area contributed by atoms with Gasteiger partial charge in [0, 0.05) is 24.2 Å². The average molecular weight is 387 g/mol. The summed E-state index contributed by atoms with van der Waals surface area (Å²) in [6.07, 6.45) is 10.4. The van der Waals surface area contributed by atoms with Gasteiger partial charge in [0.25, 0.3) is 5.89 Å². The van der Waals surface area contributed by atoms with Gasteiger partial charge in [-0.25, -0.2) is 9.97 Å². The van der Waals surface area contributed by atoms with Crippen molar-refractivity contribution in [1.82, 2.24) is 30.3 Å². The molecule has 0 bridgehead atoms. The molecule has 0 aliphatic heterocycles. The fourth-order valence-electron chi connectivity index (χ4n) is 3.95. The van der Waals surface area contributed by atoms with Crippen molar-refractivity contribution in [1.29, 1.82) is 0 Å². The van der Waals surface area contributed by atoms with Crippen molar-refractivity contribution in [2.45, 2.75) is 31.6 Å². The lowest BCUT2D eigenvalue weighted by atomic mass is 9.62. The van der Waals surface area contributed by atoms with Crippen molar-refractivity contribution in [2.24, 2.45) is 5.92 Å². The molecule has 1 unspecified atom stereocenters. The summed E-state index contributed by atoms with van der Waals surface area (Å²) in [5.41, 5.74) is 9.20. The number of anilines is 1. The molecule has 3 aromatic heterocycles. The first-order valence-electron chi connectivity index (χ1n) is 9.66. The van der Waals surface area contributed by atoms with E-state index in [1.165, 1.54) is 12.0 Å². The van der Waals surface area contributed by atoms with Gasteiger partial charge in [-0.15, -0.1) is 0 Å². The van der Waals surface area contributed by atoms with Crippen LogP contribution in [0.4, 0.5) is 5.95 Å². The summed E-state index contributed by atoms with van der Waals surface area (Å²) >= 11 is 0. The van der Waals surface area contributed by atoms with E-state index >= 15 is 0 Å². The number of H-pyrrole nitrogens is 1. The van der Waals surface area contributed by atoms with E-state index in [-0.39, 0.29) is 11.4 Å². The molecular formula is C21H21N7O. The Kier molecular flexibility index (Phi) is 4.12. The molecule has 0 amide bonds. The predicted molar refractivity (Wildman–Crippen MR) is 108 cm³/mol. The summed E-state index contributed by atoms with van der Waals surface area (Å²) in [7, 11) is 0. The lowest BCUT2D eigenvalue weighted by Crippen LogP contribution is -2.38. The average Bonchev–Trinajstić information content (AvgIpc) is 3.39. The lowest BCUT2D eigenvalue weighted by Gasteiger charge is -2.41. The Hall–Kier alpha value is -3.55. The van der Waals surface area contributed by atoms with Crippen molar-refractivity contribution in [3.63, 3.8) is 0 Å². The van der Waals surface area contributed by atoms with Crippen LogP contribution in [0, 0.1) is 5.92 Å². The second-order valence-corrected chi connectivity index (χ2v) is 7.65. The highest BCUT2D eigenvalue weighted by Gasteiger charge is 2.44. The first kappa shape index (κ1) is 17.5. The van der Waals surface area contributed by atoms with Crippen molar-refractivity contribution in [3.05, 3.63) is 60.4 Å². The van der Waals surface area contributed by atoms with Crippen LogP contribution in [0.15, 0.2) is 53.6 Å². The molecule has 0 saturated heterocycles. The summed E-state index contributed by atoms with van der Waals surface area (Å²) < 4.78 is 5.55. The van der Waals surface area contributed by atoms with Gasteiger partial charge in [0.05, 0.1) is 17.2 Å². The number of nitrogens with two attached hydrogens (primary N) is 1. The van der Waals surface area contributed by atoms with E-state index in [0.29, 0.717) is 17.6 Å². The highest BCUT2D eigenvalue weighted by molar-refractivity contribution is 5.62. The number of nitrogens with zero attached hydrogens (tertiary/aromatic N) is 5. The number of rotatable bonds is 5. The van der Waals surface area contributed by atoms with Gasteiger partial charge in [-0.05, 0) is 36.8 Å². The van der Waals surface area contributed by atoms with E-state index < -0.39 is 0 Å². The number of nitrogen functional groups attached to an aromatic ring is 1. The number of hydrogen-bond donors (Lipinski definition) is 2. The predicted octanol–water partition coefficient (Wildman–Crippen LogP) is 3.61. The molecular weight excluding hydrogens is 366 g/mol. The molecule has 29 heavy (non-hydrogen) atoms. The van der Waals surface area contributed by atoms with E-state index in [2.05, 4.69) is 56.5 Å². The number of aromatic nitrogens is 6. The van der Waals surface area contributed by atoms with Gasteiger partial charge in [0.2, 0.25) is 5.95 Å². The third-order valence-electron chi connectivity index (χ3n) is 6.05. The van der Waals surface area contributed by atoms with Crippen LogP contribution < -0.4 is 5.73 Å². The third-order valence-corrected chi connectivity index (χ3v) is 6.05. The van der Waals surface area contributed by atoms with Gasteiger partial charge in [0.15, 0.2) is 5.82 Å². The number of benzene rings is 1. The monoisotopic (exact) mass is 387 g/mol. The minimum absolute atomic E-state index is 0.272. The molecule has 4 aromatic rings. The topological polar surface area (TPSA) is 119 Å². The molecule has 3 heterocycles. The van der Waals surface area contributed by atoms with Gasteiger partial charge in [-0.3, -0.25) is 5.10 Å². The van der Waals surface area contributed by atoms with E-state index in [0.717, 1.165) is 29.5 Å². The number of hydrogen-bond acceptors (Lipinski definition) is 7. The molecule has 5 rings (SSSR count). The molecule has 1 atom stereocenters. The van der Waals surface area contributed by atoms with Crippen LogP contribution >= 0.6 is 0 Å². The molecule has 8 nitrogen and oxygen atoms in total. The lowest BCUT2D eigenvalue weighted by molar-refractivity contribution is 0.199. The van der Waals surface area contributed by atoms with Crippen LogP contribution in [0.5, 0.6) is 0 Å². The van der Waals surface area contributed by atoms with Crippen molar-refractivity contribution >= 4 is 5.95 Å². The Balaban J connectivity index is 1.52. The first-order chi connectivity index (χ1) is 14.1. The summed E-state index contributed by atoms with van der Waals surface area (Å²) in [5, 5.41) is 11.1. The highest BCUT2D eigenvalue weighted by Crippen LogP contribution is 2.47. The van der Waals surface area contributed by atoms with Crippen molar-refractivity contribution < 1.29 is 4.52 Å². The van der Waals surface area contributed by atoms with Crippen LogP contribution in [0.1, 0.15) is 37.6 Å². The molecule has 8 heteroatoms. The van der Waals surface area contributed by atoms with Crippen LogP contribution in [0.2, 0.25) is 0 Å². The standard InChI is InChI=1S/C21H21N7O/c1-21(16-3-2-4-16,19-27-18(29-28-19)15-11-25-26-12-15)17-7-5-13(6-8-17)14-9-23-20(22)24-10-14/h5-12,16H,2-4H2,1H3,(H,25,26)(H2,22,23,24). The molecule has 1 aliphatic rings. The normalized spacial score (nSPS) is 16.3. The second-order valence-electron chi connectivity index (χ2n) is 7.65. The summed E-state index contributed by atoms with van der Waals surface area (Å²) in [6, 6.07) is 8.44. The molecule has 0 radical (unpaired) electrons. The van der Waals surface area contributed by atoms with Crippen LogP contribution in [-0.2, 0) is 5.41 Å². The third kappa shape index (κ3) is 2.97. The first-order valence-corrected chi connectivity index (χ1v) is 9.66. The van der Waals surface area contributed by atoms with E-state index in [4.69, 9.17) is 15.2 Å². The largest absolute Gasteiger partial charge is 0.368 e. The Labute approximate surface area is 167 Å². The van der Waals surface area contributed by atoms with Crippen LogP contribution in [-0.4, -0.2) is 30.3 Å². The number of nitrogens with one attached hydrogen (secondary N) is 1. The Morgan fingerprint density at radius 3 is 2.41 bits per heavy atom. The van der Waals surface area contributed by atoms with Gasteiger partial charge >= 0.3 is 0 Å². The minimum atomic E-state index is -0.320. The molecule has 1 aromatic carbocycles. The zero-order valence-electron chi connectivity index (χ0n) is 16.0. The molecule has 1 fully saturated rings. The van der Waals surface area contributed by atoms with Gasteiger partial charge < -0.3 is 10.3 Å². The molecule has 146 valence electrons. The van der Waals surface area contributed by atoms with Gasteiger partial charge in [-0.2, -0.15) is 10.1 Å². The fourth-order valence-corrected chi connectivity index (χ4v) is 3.95. The van der Waals surface area contributed by atoms with Crippen molar-refractivity contribution in [2.75, 3.05) is 5.73 Å². The maximum atomic E-state index is 5.59. The summed E-state index contributed by atoms with van der Waals surface area (Å²) in [4.78, 5) is 12.9. The summed E-state index contributed by atoms with van der Waals surface area (Å²) in [6.45, 7) is 2.21. The summed E-state index contributed by atoms with van der Waals surface area (Å²) in [5.74, 6) is 1.94. The maximum absolute atomic E-state index is 5.59. The highest BCUT2D eigenvalue weighted by atomic mass is 16.5. The zero-order chi connectivity index (χ0) is 19.8. The van der Waals surface area contributed by atoms with E-state index in [1.807, 2.05) is 0 Å². The quantitative estimate of drug-likeness (QED) is 0.537. The SMILES string of the molecule is CC(c1ccc(-c2cnc(N)nc2)cc1)(c1noc(-c2cn[nH]c2)n1)C1CCC1. The second kappa shape index (κ2) is 6.80. The Morgan fingerprint density at radius 1 is 1.03 bits per heavy atom. The van der Waals surface area contributed by atoms with Crippen LogP contribution in [0.25, 0.3) is 22.6 Å². The Morgan fingerprint density at radius 2 is 1.79 bits per heavy atom. The smallest absolute Gasteiger partial charge is 0.261 e. The van der Waals surface area contributed by atoms with Gasteiger partial charge in [0.1, 0.15) is 0 Å². The number of aromatic amines is 1. The van der Waals surface area contributed by atoms with Gasteiger partial charge in [-0.1, -0.05) is 35.8 Å². The maximum Gasteiger partial charge on any atom is 0.261 e. The van der Waals surface area contributed by atoms with Crippen molar-refractivity contribution in [3.8, 4) is 22.6 Å². The molecule has 1 aliphatic carbocycles. The van der Waals surface area contributed by atoms with E-state index in [1.54, 1.807) is 24.8 Å². The van der Waals surface area contributed by atoms with Crippen LogP contribution in [0.3, 0.4) is 0 Å². The molecule has 0 spiro atoms.